The van der Waals surface area contributed by atoms with Crippen molar-refractivity contribution in [3.8, 4) is 0 Å². The number of rotatable bonds is 6. The maximum atomic E-state index is 11.5. The number of ether oxygens (including phenoxy) is 2. The second-order valence-corrected chi connectivity index (χ2v) is 5.92. The van der Waals surface area contributed by atoms with Crippen molar-refractivity contribution in [1.82, 2.24) is 0 Å². The molecule has 2 aliphatic carbocycles. The van der Waals surface area contributed by atoms with Crippen LogP contribution >= 0.6 is 0 Å². The van der Waals surface area contributed by atoms with Gasteiger partial charge in [0.15, 0.2) is 0 Å². The fourth-order valence-corrected chi connectivity index (χ4v) is 3.77. The van der Waals surface area contributed by atoms with Crippen LogP contribution in [0.1, 0.15) is 33.1 Å². The van der Waals surface area contributed by atoms with Gasteiger partial charge in [0.1, 0.15) is 0 Å². The smallest absolute Gasteiger partial charge is 0.330 e. The van der Waals surface area contributed by atoms with E-state index < -0.39 is 0 Å². The number of fused-ring (bicyclic) bond motifs is 2. The molecule has 4 nitrogen and oxygen atoms in total. The standard InChI is InChI=1S/C17H24O4/c1-3-5-16(18)20-10-14-12-7-8-13(9-12)15(14)11-21-17(19)6-4-2/h3-6,12-15H,7-11H2,1-2H3. The van der Waals surface area contributed by atoms with Crippen LogP contribution in [0, 0.1) is 23.7 Å². The molecule has 0 amide bonds. The summed E-state index contributed by atoms with van der Waals surface area (Å²) in [6, 6.07) is 0. The van der Waals surface area contributed by atoms with Crippen LogP contribution in [0.4, 0.5) is 0 Å². The molecule has 4 unspecified atom stereocenters. The van der Waals surface area contributed by atoms with Crippen molar-refractivity contribution in [3.63, 3.8) is 0 Å². The lowest BCUT2D eigenvalue weighted by Crippen LogP contribution is -2.31. The molecule has 0 N–H and O–H groups in total. The van der Waals surface area contributed by atoms with E-state index in [-0.39, 0.29) is 11.9 Å². The predicted molar refractivity (Wildman–Crippen MR) is 79.4 cm³/mol. The van der Waals surface area contributed by atoms with E-state index in [9.17, 15) is 9.59 Å². The van der Waals surface area contributed by atoms with Gasteiger partial charge in [-0.25, -0.2) is 9.59 Å². The van der Waals surface area contributed by atoms with E-state index in [0.29, 0.717) is 36.9 Å². The Balaban J connectivity index is 1.88. The zero-order valence-corrected chi connectivity index (χ0v) is 12.8. The molecule has 0 heterocycles. The minimum Gasteiger partial charge on any atom is -0.462 e. The van der Waals surface area contributed by atoms with Gasteiger partial charge in [-0.2, -0.15) is 0 Å². The Morgan fingerprint density at radius 2 is 1.33 bits per heavy atom. The summed E-state index contributed by atoms with van der Waals surface area (Å²) in [6.07, 6.45) is 9.82. The van der Waals surface area contributed by atoms with Gasteiger partial charge in [-0.15, -0.1) is 0 Å². The van der Waals surface area contributed by atoms with Crippen LogP contribution in [0.25, 0.3) is 0 Å². The van der Waals surface area contributed by atoms with Crippen LogP contribution < -0.4 is 0 Å². The number of carbonyl (C=O) groups is 2. The first-order chi connectivity index (χ1) is 10.2. The summed E-state index contributed by atoms with van der Waals surface area (Å²) < 4.78 is 10.6. The first-order valence-electron chi connectivity index (χ1n) is 7.74. The SMILES string of the molecule is CC=CC(=O)OCC1C2CCC(C2)C1COC(=O)C=CC. The predicted octanol–water partition coefficient (Wildman–Crippen LogP) is 2.89. The molecule has 4 heteroatoms. The van der Waals surface area contributed by atoms with Crippen molar-refractivity contribution in [2.75, 3.05) is 13.2 Å². The molecule has 0 saturated heterocycles. The van der Waals surface area contributed by atoms with E-state index in [4.69, 9.17) is 9.47 Å². The highest BCUT2D eigenvalue weighted by Crippen LogP contribution is 2.52. The Morgan fingerprint density at radius 1 is 0.905 bits per heavy atom. The third kappa shape index (κ3) is 3.96. The van der Waals surface area contributed by atoms with E-state index in [1.807, 2.05) is 0 Å². The van der Waals surface area contributed by atoms with Gasteiger partial charge in [0.25, 0.3) is 0 Å². The Hall–Kier alpha value is -1.58. The largest absolute Gasteiger partial charge is 0.462 e. The highest BCUT2D eigenvalue weighted by molar-refractivity contribution is 5.82. The van der Waals surface area contributed by atoms with Crippen molar-refractivity contribution < 1.29 is 19.1 Å². The number of allylic oxidation sites excluding steroid dienone is 2. The first-order valence-corrected chi connectivity index (χ1v) is 7.74. The van der Waals surface area contributed by atoms with Gasteiger partial charge in [0.2, 0.25) is 0 Å². The number of hydrogen-bond donors (Lipinski definition) is 0. The van der Waals surface area contributed by atoms with Gasteiger partial charge in [-0.3, -0.25) is 0 Å². The monoisotopic (exact) mass is 292 g/mol. The van der Waals surface area contributed by atoms with E-state index >= 15 is 0 Å². The lowest BCUT2D eigenvalue weighted by molar-refractivity contribution is -0.144. The Morgan fingerprint density at radius 3 is 1.71 bits per heavy atom. The van der Waals surface area contributed by atoms with Crippen molar-refractivity contribution in [1.29, 1.82) is 0 Å². The van der Waals surface area contributed by atoms with Crippen molar-refractivity contribution in [2.45, 2.75) is 33.1 Å². The van der Waals surface area contributed by atoms with Crippen LogP contribution in [-0.4, -0.2) is 25.2 Å². The first kappa shape index (κ1) is 15.8. The normalized spacial score (nSPS) is 31.1. The summed E-state index contributed by atoms with van der Waals surface area (Å²) in [5, 5.41) is 0. The van der Waals surface area contributed by atoms with E-state index in [2.05, 4.69) is 0 Å². The topological polar surface area (TPSA) is 52.6 Å². The fraction of sp³-hybridized carbons (Fsp3) is 0.647. The van der Waals surface area contributed by atoms with Gasteiger partial charge in [-0.1, -0.05) is 12.2 Å². The van der Waals surface area contributed by atoms with Gasteiger partial charge < -0.3 is 9.47 Å². The average Bonchev–Trinajstić information content (AvgIpc) is 3.04. The zero-order valence-electron chi connectivity index (χ0n) is 12.8. The highest BCUT2D eigenvalue weighted by atomic mass is 16.5. The lowest BCUT2D eigenvalue weighted by Gasteiger charge is -2.30. The summed E-state index contributed by atoms with van der Waals surface area (Å²) in [5.41, 5.74) is 0. The molecule has 2 aliphatic rings. The molecule has 116 valence electrons. The van der Waals surface area contributed by atoms with Crippen LogP contribution in [-0.2, 0) is 19.1 Å². The molecule has 0 radical (unpaired) electrons. The maximum absolute atomic E-state index is 11.5. The Labute approximate surface area is 126 Å². The number of carbonyl (C=O) groups excluding carboxylic acids is 2. The van der Waals surface area contributed by atoms with Gasteiger partial charge in [0.05, 0.1) is 13.2 Å². The summed E-state index contributed by atoms with van der Waals surface area (Å²) >= 11 is 0. The molecule has 0 spiro atoms. The molecule has 0 aliphatic heterocycles. The molecule has 2 fully saturated rings. The molecule has 0 aromatic carbocycles. The Bertz CT molecular complexity index is 398. The summed E-state index contributed by atoms with van der Waals surface area (Å²) in [7, 11) is 0. The zero-order chi connectivity index (χ0) is 15.2. The second-order valence-electron chi connectivity index (χ2n) is 5.92. The minimum absolute atomic E-state index is 0.287. The number of hydrogen-bond acceptors (Lipinski definition) is 4. The van der Waals surface area contributed by atoms with Gasteiger partial charge in [0, 0.05) is 24.0 Å². The number of esters is 2. The van der Waals surface area contributed by atoms with Gasteiger partial charge >= 0.3 is 11.9 Å². The maximum Gasteiger partial charge on any atom is 0.330 e. The van der Waals surface area contributed by atoms with Crippen LogP contribution in [0.5, 0.6) is 0 Å². The minimum atomic E-state index is -0.287. The molecular formula is C17H24O4. The molecular weight excluding hydrogens is 268 g/mol. The summed E-state index contributed by atoms with van der Waals surface area (Å²) in [6.45, 7) is 4.47. The molecule has 2 saturated carbocycles. The van der Waals surface area contributed by atoms with Crippen molar-refractivity contribution in [2.24, 2.45) is 23.7 Å². The van der Waals surface area contributed by atoms with E-state index in [1.165, 1.54) is 31.4 Å². The quantitative estimate of drug-likeness (QED) is 0.558. The van der Waals surface area contributed by atoms with Crippen molar-refractivity contribution >= 4 is 11.9 Å². The second kappa shape index (κ2) is 7.43. The fourth-order valence-electron chi connectivity index (χ4n) is 3.77. The molecule has 0 aromatic heterocycles. The third-order valence-electron chi connectivity index (χ3n) is 4.72. The van der Waals surface area contributed by atoms with Crippen LogP contribution in [0.2, 0.25) is 0 Å². The summed E-state index contributed by atoms with van der Waals surface area (Å²) in [4.78, 5) is 22.9. The van der Waals surface area contributed by atoms with Crippen LogP contribution in [0.15, 0.2) is 24.3 Å². The van der Waals surface area contributed by atoms with Crippen LogP contribution in [0.3, 0.4) is 0 Å². The molecule has 0 aromatic rings. The van der Waals surface area contributed by atoms with E-state index in [1.54, 1.807) is 26.0 Å². The van der Waals surface area contributed by atoms with E-state index in [0.717, 1.165) is 0 Å². The molecule has 2 bridgehead atoms. The summed E-state index contributed by atoms with van der Waals surface area (Å²) in [5.74, 6) is 1.31. The molecule has 4 atom stereocenters. The lowest BCUT2D eigenvalue weighted by atomic mass is 9.80. The highest BCUT2D eigenvalue weighted by Gasteiger charge is 2.48. The molecule has 2 rings (SSSR count). The third-order valence-corrected chi connectivity index (χ3v) is 4.72. The average molecular weight is 292 g/mol. The van der Waals surface area contributed by atoms with Gasteiger partial charge in [-0.05, 0) is 44.9 Å². The Kier molecular flexibility index (Phi) is 5.59. The molecule has 21 heavy (non-hydrogen) atoms. The van der Waals surface area contributed by atoms with Crippen molar-refractivity contribution in [3.05, 3.63) is 24.3 Å².